The normalized spacial score (nSPS) is 21.5. The number of carbonyl (C=O) groups is 5. The number of ether oxygens (including phenoxy) is 6. The van der Waals surface area contributed by atoms with Crippen LogP contribution in [0.3, 0.4) is 0 Å². The topological polar surface area (TPSA) is 188 Å². The standard InChI is InChI=1S/C40H50O4.C36H62O2.C23H28O4.C18H19NO.C18H19N/c1-3-4-6-9-30-14-18-32(19-15-30)34-20-24-36(25-21-34)39(41)43-28-38(35-10-7-5-8-11-35)44-40(42)37-26-22-33(23-27-37)31-16-12-29(2)13-17-31;1-6-8-10-12-13-15-17-34(37)38-29-22-24-35(4)28(26-29)18-19-30-32-21-20-31(27(3)16-14-11-9-7-2)36(32,5)25-23-33(30)35;1-4-5-6-7-8-18(3)26-22(24)20-13-15-21(16-14-20)27-23(25)19-11-9-17(2)10-12-19;1-3-14(2)13-20-18-10-8-17(9-11-18)16-6-4-15(12-19)5-7-16;1-3-14(2)12-15-4-8-17(9-5-15)18-10-6-16(13-19)7-11-18/h5,7-8,10-11,20-27,29-32,38H,3-4,6,9,12-19,28H2,1-2H3;18,27,29-33H,6-17,19-26H2,1-5H3;9-16,18H,4-8H2,1-3H3;4-11,14H,3,13H2,1-2H3;4-11,14H,3,12H2,1-2H3. The van der Waals surface area contributed by atoms with Gasteiger partial charge in [0.1, 0.15) is 24.2 Å². The molecule has 6 aliphatic carbocycles. The summed E-state index contributed by atoms with van der Waals surface area (Å²) in [5.41, 5.74) is 16.4. The van der Waals surface area contributed by atoms with Gasteiger partial charge in [0, 0.05) is 12.8 Å². The molecule has 13 nitrogen and oxygen atoms in total. The number of carbonyl (C=O) groups excluding carboxylic acids is 5. The maximum Gasteiger partial charge on any atom is 0.343 e. The molecule has 12 unspecified atom stereocenters. The highest BCUT2D eigenvalue weighted by Gasteiger charge is 2.59. The van der Waals surface area contributed by atoms with Crippen LogP contribution in [0.1, 0.15) is 439 Å². The van der Waals surface area contributed by atoms with Crippen molar-refractivity contribution in [1.82, 2.24) is 0 Å². The number of hydrogen-bond donors (Lipinski definition) is 0. The molecule has 0 aliphatic heterocycles. The van der Waals surface area contributed by atoms with Crippen LogP contribution < -0.4 is 9.47 Å². The number of hydrogen-bond acceptors (Lipinski definition) is 13. The van der Waals surface area contributed by atoms with Crippen molar-refractivity contribution in [3.8, 4) is 45.9 Å². The van der Waals surface area contributed by atoms with Crippen LogP contribution in [-0.2, 0) is 30.2 Å². The molecule has 15 rings (SSSR count). The zero-order valence-electron chi connectivity index (χ0n) is 92.6. The molecule has 5 fully saturated rings. The fourth-order valence-corrected chi connectivity index (χ4v) is 23.9. The number of aryl methyl sites for hydroxylation is 1. The molecule has 0 amide bonds. The number of benzene rings is 9. The van der Waals surface area contributed by atoms with E-state index in [1.807, 2.05) is 153 Å². The van der Waals surface area contributed by atoms with E-state index in [0.717, 1.165) is 132 Å². The first kappa shape index (κ1) is 117. The van der Waals surface area contributed by atoms with E-state index < -0.39 is 24.0 Å². The summed E-state index contributed by atoms with van der Waals surface area (Å²) in [5, 5.41) is 17.6. The van der Waals surface area contributed by atoms with Crippen molar-refractivity contribution < 1.29 is 52.4 Å². The SMILES string of the molecule is CCC(C)COc1ccc(-c2ccc(C#N)cc2)cc1.CCC(C)Cc1ccc(-c2ccc(C#N)cc2)cc1.CCCCCC1CCC(c2ccc(C(=O)OCC(OC(=O)c3ccc(C4CCC(C)CC4)cc3)c3ccccc3)cc2)CC1.CCCCCCC(C)OC(=O)c1ccc(OC(=O)c2ccc(C)cc2)cc1.CCCCCCCCC(=O)OC1CCC2(C)C(=CCC3C2CCC2(C)C(C(C)CCCCCC)CCC32)C1. The van der Waals surface area contributed by atoms with Crippen LogP contribution in [0.25, 0.3) is 22.3 Å². The van der Waals surface area contributed by atoms with Crippen LogP contribution in [-0.4, -0.2) is 55.3 Å². The van der Waals surface area contributed by atoms with Crippen molar-refractivity contribution in [1.29, 1.82) is 10.5 Å². The van der Waals surface area contributed by atoms with E-state index in [2.05, 4.69) is 150 Å². The molecule has 12 atom stereocenters. The Bertz CT molecular complexity index is 5530. The Labute approximate surface area is 891 Å². The molecule has 0 radical (unpaired) electrons. The second kappa shape index (κ2) is 61.9. The van der Waals surface area contributed by atoms with Crippen molar-refractivity contribution in [2.45, 2.75) is 384 Å². The van der Waals surface area contributed by atoms with E-state index in [9.17, 15) is 24.0 Å². The highest BCUT2D eigenvalue weighted by Crippen LogP contribution is 2.68. The molecule has 0 saturated heterocycles. The summed E-state index contributed by atoms with van der Waals surface area (Å²) in [6.07, 6.45) is 51.7. The van der Waals surface area contributed by atoms with Crippen LogP contribution in [0, 0.1) is 93.7 Å². The van der Waals surface area contributed by atoms with E-state index in [1.54, 1.807) is 42.0 Å². The van der Waals surface area contributed by atoms with E-state index >= 15 is 0 Å². The number of nitrogens with zero attached hydrogens (tertiary/aromatic N) is 2. The number of fused-ring (bicyclic) bond motifs is 5. The van der Waals surface area contributed by atoms with E-state index in [4.69, 9.17) is 38.9 Å². The molecule has 0 N–H and O–H groups in total. The molecular weight excluding hydrogens is 1830 g/mol. The number of rotatable bonds is 44. The third-order valence-electron chi connectivity index (χ3n) is 33.8. The highest BCUT2D eigenvalue weighted by atomic mass is 16.6. The smallest absolute Gasteiger partial charge is 0.343 e. The molecule has 9 aromatic carbocycles. The second-order valence-electron chi connectivity index (χ2n) is 45.0. The summed E-state index contributed by atoms with van der Waals surface area (Å²) < 4.78 is 34.2. The molecule has 6 aliphatic rings. The van der Waals surface area contributed by atoms with Crippen LogP contribution in [0.4, 0.5) is 0 Å². The van der Waals surface area contributed by atoms with Gasteiger partial charge in [-0.2, -0.15) is 10.5 Å². The van der Waals surface area contributed by atoms with Gasteiger partial charge in [0.2, 0.25) is 0 Å². The minimum Gasteiger partial charge on any atom is -0.493 e. The zero-order valence-corrected chi connectivity index (χ0v) is 92.6. The fraction of sp³-hybridized carbons (Fsp3) is 0.533. The molecule has 9 aromatic rings. The first-order valence-corrected chi connectivity index (χ1v) is 57.7. The minimum absolute atomic E-state index is 0.0449. The van der Waals surface area contributed by atoms with Gasteiger partial charge in [-0.1, -0.05) is 363 Å². The molecule has 794 valence electrons. The lowest BCUT2D eigenvalue weighted by atomic mass is 9.47. The Morgan fingerprint density at radius 2 is 0.926 bits per heavy atom. The Balaban J connectivity index is 0.000000182. The largest absolute Gasteiger partial charge is 0.493 e. The summed E-state index contributed by atoms with van der Waals surface area (Å²) in [5.74, 6) is 8.38. The van der Waals surface area contributed by atoms with Gasteiger partial charge in [0.15, 0.2) is 6.10 Å². The summed E-state index contributed by atoms with van der Waals surface area (Å²) in [6, 6.07) is 75.4. The quantitative estimate of drug-likeness (QED) is 0.0115. The molecular formula is C135H178N2O11. The number of allylic oxidation sites excluding steroid dienone is 1. The summed E-state index contributed by atoms with van der Waals surface area (Å²) in [7, 11) is 0. The van der Waals surface area contributed by atoms with Gasteiger partial charge in [0.05, 0.1) is 58.2 Å². The van der Waals surface area contributed by atoms with Crippen molar-refractivity contribution >= 4 is 29.8 Å². The van der Waals surface area contributed by atoms with Crippen LogP contribution in [0.5, 0.6) is 11.5 Å². The van der Waals surface area contributed by atoms with Crippen LogP contribution in [0.15, 0.2) is 236 Å². The third kappa shape index (κ3) is 36.3. The van der Waals surface area contributed by atoms with Gasteiger partial charge in [-0.3, -0.25) is 4.79 Å². The third-order valence-corrected chi connectivity index (χ3v) is 33.8. The summed E-state index contributed by atoms with van der Waals surface area (Å²) in [4.78, 5) is 63.1. The van der Waals surface area contributed by atoms with E-state index in [-0.39, 0.29) is 30.8 Å². The predicted octanol–water partition coefficient (Wildman–Crippen LogP) is 36.6. The Kier molecular flexibility index (Phi) is 48.9. The van der Waals surface area contributed by atoms with Gasteiger partial charge in [-0.15, -0.1) is 0 Å². The Hall–Kier alpha value is -11.2. The van der Waals surface area contributed by atoms with Gasteiger partial charge >= 0.3 is 29.8 Å². The number of esters is 5. The summed E-state index contributed by atoms with van der Waals surface area (Å²) in [6.45, 7) is 32.7. The van der Waals surface area contributed by atoms with Gasteiger partial charge in [-0.05, 0) is 340 Å². The maximum atomic E-state index is 13.2. The molecule has 5 saturated carbocycles. The average Bonchev–Trinajstić information content (AvgIpc) is 1.52. The average molecular weight is 2000 g/mol. The lowest BCUT2D eigenvalue weighted by Crippen LogP contribution is -2.51. The van der Waals surface area contributed by atoms with Crippen LogP contribution >= 0.6 is 0 Å². The zero-order chi connectivity index (χ0) is 106. The van der Waals surface area contributed by atoms with Crippen LogP contribution in [0.2, 0.25) is 0 Å². The monoisotopic (exact) mass is 2000 g/mol. The Morgan fingerprint density at radius 1 is 0.439 bits per heavy atom. The molecule has 148 heavy (non-hydrogen) atoms. The summed E-state index contributed by atoms with van der Waals surface area (Å²) >= 11 is 0. The maximum absolute atomic E-state index is 13.2. The lowest BCUT2D eigenvalue weighted by molar-refractivity contribution is -0.151. The molecule has 0 heterocycles. The molecule has 0 bridgehead atoms. The van der Waals surface area contributed by atoms with Crippen molar-refractivity contribution in [2.75, 3.05) is 13.2 Å². The molecule has 0 spiro atoms. The van der Waals surface area contributed by atoms with Gasteiger partial charge < -0.3 is 28.4 Å². The van der Waals surface area contributed by atoms with Crippen molar-refractivity contribution in [3.63, 3.8) is 0 Å². The predicted molar refractivity (Wildman–Crippen MR) is 605 cm³/mol. The van der Waals surface area contributed by atoms with E-state index in [1.165, 1.54) is 228 Å². The first-order chi connectivity index (χ1) is 71.8. The minimum atomic E-state index is -0.695. The number of nitriles is 2. The fourth-order valence-electron chi connectivity index (χ4n) is 23.9. The van der Waals surface area contributed by atoms with Crippen molar-refractivity contribution in [2.24, 2.45) is 64.1 Å². The first-order valence-electron chi connectivity index (χ1n) is 57.7. The Morgan fingerprint density at radius 3 is 1.49 bits per heavy atom. The van der Waals surface area contributed by atoms with Gasteiger partial charge in [0.25, 0.3) is 0 Å². The highest BCUT2D eigenvalue weighted by molar-refractivity contribution is 5.93. The van der Waals surface area contributed by atoms with Gasteiger partial charge in [-0.25, -0.2) is 19.2 Å². The number of unbranched alkanes of at least 4 members (excludes halogenated alkanes) is 13. The van der Waals surface area contributed by atoms with E-state index in [0.29, 0.717) is 74.1 Å². The molecule has 13 heteroatoms. The molecule has 0 aromatic heterocycles. The lowest BCUT2D eigenvalue weighted by Gasteiger charge is -2.58. The van der Waals surface area contributed by atoms with Crippen molar-refractivity contribution in [3.05, 3.63) is 297 Å². The second-order valence-corrected chi connectivity index (χ2v) is 45.0.